The molecule has 0 aliphatic rings. The quantitative estimate of drug-likeness (QED) is 0.461. The van der Waals surface area contributed by atoms with Gasteiger partial charge in [-0.05, 0) is 64.3 Å². The number of ether oxygens (including phenoxy) is 2. The molecule has 1 aromatic heterocycles. The van der Waals surface area contributed by atoms with E-state index in [-0.39, 0.29) is 5.91 Å². The van der Waals surface area contributed by atoms with E-state index < -0.39 is 0 Å². The lowest BCUT2D eigenvalue weighted by atomic mass is 10.2. The van der Waals surface area contributed by atoms with Crippen LogP contribution in [0.3, 0.4) is 0 Å². The van der Waals surface area contributed by atoms with Crippen LogP contribution >= 0.6 is 27.3 Å². The average Bonchev–Trinajstić information content (AvgIpc) is 3.15. The number of nitrogens with zero attached hydrogens (tertiary/aromatic N) is 1. The summed E-state index contributed by atoms with van der Waals surface area (Å²) in [5.41, 5.74) is 2.78. The number of aromatic nitrogens is 1. The van der Waals surface area contributed by atoms with Crippen molar-refractivity contribution in [3.05, 3.63) is 80.2 Å². The van der Waals surface area contributed by atoms with E-state index in [4.69, 9.17) is 9.47 Å². The van der Waals surface area contributed by atoms with E-state index in [9.17, 15) is 4.79 Å². The van der Waals surface area contributed by atoms with Gasteiger partial charge in [-0.2, -0.15) is 0 Å². The van der Waals surface area contributed by atoms with Gasteiger partial charge in [0.2, 0.25) is 5.91 Å². The van der Waals surface area contributed by atoms with Crippen LogP contribution in [-0.4, -0.2) is 18.0 Å². The van der Waals surface area contributed by atoms with E-state index in [1.807, 2.05) is 54.8 Å². The predicted octanol–water partition coefficient (Wildman–Crippen LogP) is 5.13. The molecule has 0 radical (unpaired) electrons. The monoisotopic (exact) mass is 472 g/mol. The maximum absolute atomic E-state index is 12.1. The van der Waals surface area contributed by atoms with Gasteiger partial charge in [0.05, 0.1) is 22.3 Å². The lowest BCUT2D eigenvalue weighted by Gasteiger charge is -2.07. The highest BCUT2D eigenvalue weighted by Crippen LogP contribution is 2.25. The minimum atomic E-state index is -0.166. The number of halogens is 1. The molecule has 7 heteroatoms. The first-order chi connectivity index (χ1) is 14.0. The number of carbonyl (C=O) groups excluding carboxylic acids is 1. The average molecular weight is 473 g/mol. The Bertz CT molecular complexity index is 1020. The number of hydrogen-bond acceptors (Lipinski definition) is 5. The molecule has 3 aromatic rings. The van der Waals surface area contributed by atoms with E-state index in [1.54, 1.807) is 24.5 Å². The van der Waals surface area contributed by atoms with Gasteiger partial charge >= 0.3 is 0 Å². The maximum Gasteiger partial charge on any atom is 0.244 e. The minimum Gasteiger partial charge on any atom is -0.496 e. The maximum atomic E-state index is 12.1. The van der Waals surface area contributed by atoms with Gasteiger partial charge in [-0.15, -0.1) is 11.3 Å². The van der Waals surface area contributed by atoms with Crippen molar-refractivity contribution in [1.29, 1.82) is 0 Å². The highest BCUT2D eigenvalue weighted by Gasteiger charge is 2.03. The fourth-order valence-corrected chi connectivity index (χ4v) is 3.77. The van der Waals surface area contributed by atoms with E-state index in [2.05, 4.69) is 26.2 Å². The highest BCUT2D eigenvalue weighted by molar-refractivity contribution is 9.10. The summed E-state index contributed by atoms with van der Waals surface area (Å²) >= 11 is 5.05. The summed E-state index contributed by atoms with van der Waals surface area (Å²) in [5, 5.41) is 5.88. The smallest absolute Gasteiger partial charge is 0.244 e. The van der Waals surface area contributed by atoms with E-state index >= 15 is 0 Å². The molecular formula is C22H21BrN2O3S. The van der Waals surface area contributed by atoms with Crippen molar-refractivity contribution in [2.24, 2.45) is 0 Å². The third-order valence-electron chi connectivity index (χ3n) is 4.02. The van der Waals surface area contributed by atoms with Crippen LogP contribution in [0.4, 0.5) is 0 Å². The van der Waals surface area contributed by atoms with Crippen molar-refractivity contribution in [3.8, 4) is 11.5 Å². The van der Waals surface area contributed by atoms with Crippen LogP contribution in [0.15, 0.2) is 58.4 Å². The van der Waals surface area contributed by atoms with Gasteiger partial charge in [0, 0.05) is 18.0 Å². The molecule has 1 amide bonds. The number of carbonyl (C=O) groups is 1. The van der Waals surface area contributed by atoms with Gasteiger partial charge in [-0.25, -0.2) is 4.98 Å². The second-order valence-corrected chi connectivity index (χ2v) is 8.16. The second-order valence-electron chi connectivity index (χ2n) is 6.24. The Balaban J connectivity index is 1.52. The molecule has 1 heterocycles. The van der Waals surface area contributed by atoms with Gasteiger partial charge < -0.3 is 14.8 Å². The standard InChI is InChI=1S/C22H21BrN2O3S/c1-15-25-18(14-29-15)13-28-19-5-3-4-16(10-19)7-9-22(26)24-12-17-6-8-21(27-2)20(23)11-17/h3-11,14H,12-13H2,1-2H3,(H,24,26). The molecule has 3 rings (SSSR count). The number of nitrogens with one attached hydrogen (secondary N) is 1. The summed E-state index contributed by atoms with van der Waals surface area (Å²) in [5.74, 6) is 1.33. The van der Waals surface area contributed by atoms with Gasteiger partial charge in [-0.3, -0.25) is 4.79 Å². The lowest BCUT2D eigenvalue weighted by Crippen LogP contribution is -2.20. The second kappa shape index (κ2) is 10.2. The molecule has 2 aromatic carbocycles. The summed E-state index contributed by atoms with van der Waals surface area (Å²) in [7, 11) is 1.62. The van der Waals surface area contributed by atoms with Crippen molar-refractivity contribution in [2.45, 2.75) is 20.1 Å². The molecule has 0 unspecified atom stereocenters. The zero-order valence-electron chi connectivity index (χ0n) is 16.1. The van der Waals surface area contributed by atoms with E-state index in [0.29, 0.717) is 13.2 Å². The van der Waals surface area contributed by atoms with Crippen LogP contribution in [0.25, 0.3) is 6.08 Å². The van der Waals surface area contributed by atoms with Crippen LogP contribution in [0.1, 0.15) is 21.8 Å². The summed E-state index contributed by atoms with van der Waals surface area (Å²) in [4.78, 5) is 16.5. The molecule has 0 bridgehead atoms. The molecule has 0 spiro atoms. The van der Waals surface area contributed by atoms with E-state index in [1.165, 1.54) is 6.08 Å². The Kier molecular flexibility index (Phi) is 7.43. The molecular weight excluding hydrogens is 452 g/mol. The van der Waals surface area contributed by atoms with Gasteiger partial charge in [0.1, 0.15) is 18.1 Å². The first-order valence-corrected chi connectivity index (χ1v) is 10.6. The molecule has 0 saturated carbocycles. The van der Waals surface area contributed by atoms with Crippen LogP contribution in [-0.2, 0) is 17.9 Å². The van der Waals surface area contributed by atoms with Crippen LogP contribution in [0.5, 0.6) is 11.5 Å². The minimum absolute atomic E-state index is 0.166. The summed E-state index contributed by atoms with van der Waals surface area (Å²) in [6.45, 7) is 2.83. The third kappa shape index (κ3) is 6.44. The fourth-order valence-electron chi connectivity index (χ4n) is 2.58. The van der Waals surface area contributed by atoms with Crippen LogP contribution in [0, 0.1) is 6.92 Å². The molecule has 1 N–H and O–H groups in total. The van der Waals surface area contributed by atoms with Crippen molar-refractivity contribution >= 4 is 39.2 Å². The number of methoxy groups -OCH3 is 1. The number of amides is 1. The zero-order chi connectivity index (χ0) is 20.6. The Morgan fingerprint density at radius 2 is 2.14 bits per heavy atom. The summed E-state index contributed by atoms with van der Waals surface area (Å²) < 4.78 is 11.8. The van der Waals surface area contributed by atoms with Crippen LogP contribution < -0.4 is 14.8 Å². The number of thiazole rings is 1. The predicted molar refractivity (Wildman–Crippen MR) is 119 cm³/mol. The molecule has 150 valence electrons. The summed E-state index contributed by atoms with van der Waals surface area (Å²) in [6, 6.07) is 13.3. The Hall–Kier alpha value is -2.64. The SMILES string of the molecule is COc1ccc(CNC(=O)C=Cc2cccc(OCc3csc(C)n3)c2)cc1Br. The van der Waals surface area contributed by atoms with E-state index in [0.717, 1.165) is 37.8 Å². The van der Waals surface area contributed by atoms with Crippen LogP contribution in [0.2, 0.25) is 0 Å². The fraction of sp³-hybridized carbons (Fsp3) is 0.182. The number of benzene rings is 2. The van der Waals surface area contributed by atoms with Gasteiger partial charge in [0.25, 0.3) is 0 Å². The summed E-state index contributed by atoms with van der Waals surface area (Å²) in [6.07, 6.45) is 3.28. The first kappa shape index (κ1) is 21.1. The number of rotatable bonds is 8. The number of aryl methyl sites for hydroxylation is 1. The molecule has 0 aliphatic heterocycles. The molecule has 5 nitrogen and oxygen atoms in total. The molecule has 0 fully saturated rings. The first-order valence-electron chi connectivity index (χ1n) is 8.95. The largest absolute Gasteiger partial charge is 0.496 e. The lowest BCUT2D eigenvalue weighted by molar-refractivity contribution is -0.116. The Morgan fingerprint density at radius 1 is 1.28 bits per heavy atom. The highest BCUT2D eigenvalue weighted by atomic mass is 79.9. The zero-order valence-corrected chi connectivity index (χ0v) is 18.5. The Morgan fingerprint density at radius 3 is 2.86 bits per heavy atom. The third-order valence-corrected chi connectivity index (χ3v) is 5.46. The van der Waals surface area contributed by atoms with Crippen molar-refractivity contribution < 1.29 is 14.3 Å². The molecule has 0 saturated heterocycles. The topological polar surface area (TPSA) is 60.5 Å². The van der Waals surface area contributed by atoms with Gasteiger partial charge in [-0.1, -0.05) is 18.2 Å². The van der Waals surface area contributed by atoms with Gasteiger partial charge in [0.15, 0.2) is 0 Å². The number of hydrogen-bond donors (Lipinski definition) is 1. The Labute approximate surface area is 182 Å². The normalized spacial score (nSPS) is 10.9. The van der Waals surface area contributed by atoms with Crippen molar-refractivity contribution in [3.63, 3.8) is 0 Å². The van der Waals surface area contributed by atoms with Crippen molar-refractivity contribution in [1.82, 2.24) is 10.3 Å². The molecule has 0 aliphatic carbocycles. The molecule has 29 heavy (non-hydrogen) atoms. The molecule has 0 atom stereocenters. The van der Waals surface area contributed by atoms with Crippen molar-refractivity contribution in [2.75, 3.05) is 7.11 Å².